The van der Waals surface area contributed by atoms with Gasteiger partial charge in [0.1, 0.15) is 5.82 Å². The van der Waals surface area contributed by atoms with Crippen LogP contribution >= 0.6 is 0 Å². The van der Waals surface area contributed by atoms with E-state index in [2.05, 4.69) is 15.1 Å². The van der Waals surface area contributed by atoms with Gasteiger partial charge < -0.3 is 5.73 Å². The van der Waals surface area contributed by atoms with Crippen LogP contribution in [0, 0.1) is 5.41 Å². The Morgan fingerprint density at radius 2 is 2.31 bits per heavy atom. The molecule has 1 saturated heterocycles. The largest absolute Gasteiger partial charge is 0.384 e. The quantitative estimate of drug-likeness (QED) is 0.696. The molecular weight excluding hydrogens is 164 g/mol. The fraction of sp³-hybridized carbons (Fsp3) is 0.667. The minimum absolute atomic E-state index is 0.719. The number of nitrogens with one attached hydrogen (secondary N) is 1. The van der Waals surface area contributed by atoms with E-state index in [1.807, 2.05) is 6.20 Å². The first-order valence-corrected chi connectivity index (χ1v) is 4.78. The molecule has 70 valence electrons. The highest BCUT2D eigenvalue weighted by Crippen LogP contribution is 2.53. The van der Waals surface area contributed by atoms with Gasteiger partial charge in [-0.25, -0.2) is 0 Å². The highest BCUT2D eigenvalue weighted by Gasteiger charge is 2.51. The maximum Gasteiger partial charge on any atom is 0.123 e. The van der Waals surface area contributed by atoms with Gasteiger partial charge in [-0.05, 0) is 18.3 Å². The number of hydrogen-bond donors (Lipinski definition) is 2. The van der Waals surface area contributed by atoms with Crippen LogP contribution in [0.15, 0.2) is 6.20 Å². The highest BCUT2D eigenvalue weighted by molar-refractivity contribution is 5.36. The van der Waals surface area contributed by atoms with Crippen LogP contribution < -0.4 is 5.73 Å². The summed E-state index contributed by atoms with van der Waals surface area (Å²) in [6, 6.07) is 0. The standard InChI is InChI=1S/C9H14N4/c10-8-7(3-11-12-8)4-13-5-9(6-13)1-2-9/h3H,1-2,4-6H2,(H3,10,11,12). The SMILES string of the molecule is Nc1[nH]ncc1CN1CC2(CC2)C1. The van der Waals surface area contributed by atoms with Gasteiger partial charge in [0, 0.05) is 25.2 Å². The number of likely N-dealkylation sites (tertiary alicyclic amines) is 1. The van der Waals surface area contributed by atoms with E-state index in [-0.39, 0.29) is 0 Å². The lowest BCUT2D eigenvalue weighted by molar-refractivity contribution is 0.0741. The molecule has 0 bridgehead atoms. The summed E-state index contributed by atoms with van der Waals surface area (Å²) in [4.78, 5) is 2.44. The maximum atomic E-state index is 5.71. The molecule has 3 rings (SSSR count). The van der Waals surface area contributed by atoms with Gasteiger partial charge in [0.05, 0.1) is 6.20 Å². The lowest BCUT2D eigenvalue weighted by atomic mass is 9.96. The van der Waals surface area contributed by atoms with Crippen molar-refractivity contribution in [2.24, 2.45) is 5.41 Å². The first kappa shape index (κ1) is 7.38. The fourth-order valence-electron chi connectivity index (χ4n) is 2.20. The highest BCUT2D eigenvalue weighted by atomic mass is 15.2. The molecule has 0 aromatic carbocycles. The Bertz CT molecular complexity index is 318. The number of anilines is 1. The molecule has 1 saturated carbocycles. The van der Waals surface area contributed by atoms with Crippen LogP contribution in [0.25, 0.3) is 0 Å². The molecule has 1 aromatic heterocycles. The predicted molar refractivity (Wildman–Crippen MR) is 49.9 cm³/mol. The third-order valence-corrected chi connectivity index (χ3v) is 3.22. The van der Waals surface area contributed by atoms with Crippen LogP contribution in [0.3, 0.4) is 0 Å². The molecule has 1 aliphatic carbocycles. The summed E-state index contributed by atoms with van der Waals surface area (Å²) in [5.41, 5.74) is 7.58. The third kappa shape index (κ3) is 1.13. The van der Waals surface area contributed by atoms with E-state index in [0.717, 1.165) is 23.3 Å². The summed E-state index contributed by atoms with van der Waals surface area (Å²) < 4.78 is 0. The van der Waals surface area contributed by atoms with Gasteiger partial charge in [-0.2, -0.15) is 5.10 Å². The zero-order valence-corrected chi connectivity index (χ0v) is 7.58. The van der Waals surface area contributed by atoms with E-state index in [1.54, 1.807) is 0 Å². The van der Waals surface area contributed by atoms with Gasteiger partial charge in [-0.15, -0.1) is 0 Å². The second kappa shape index (κ2) is 2.26. The number of aromatic nitrogens is 2. The van der Waals surface area contributed by atoms with Crippen LogP contribution in [-0.2, 0) is 6.54 Å². The molecule has 0 unspecified atom stereocenters. The molecule has 2 heterocycles. The topological polar surface area (TPSA) is 57.9 Å². The molecule has 0 atom stereocenters. The number of hydrogen-bond acceptors (Lipinski definition) is 3. The summed E-state index contributed by atoms with van der Waals surface area (Å²) in [6.45, 7) is 3.49. The second-order valence-corrected chi connectivity index (χ2v) is 4.45. The molecule has 1 aromatic rings. The Hall–Kier alpha value is -1.03. The third-order valence-electron chi connectivity index (χ3n) is 3.22. The fourth-order valence-corrected chi connectivity index (χ4v) is 2.20. The van der Waals surface area contributed by atoms with Crippen molar-refractivity contribution < 1.29 is 0 Å². The van der Waals surface area contributed by atoms with Crippen LogP contribution in [-0.4, -0.2) is 28.2 Å². The minimum Gasteiger partial charge on any atom is -0.384 e. The molecule has 0 amide bonds. The number of H-pyrrole nitrogens is 1. The summed E-state index contributed by atoms with van der Waals surface area (Å²) >= 11 is 0. The normalized spacial score (nSPS) is 24.6. The van der Waals surface area contributed by atoms with Crippen molar-refractivity contribution in [3.8, 4) is 0 Å². The average Bonchev–Trinajstić information content (AvgIpc) is 2.72. The Kier molecular flexibility index (Phi) is 1.28. The van der Waals surface area contributed by atoms with E-state index in [1.165, 1.54) is 25.9 Å². The smallest absolute Gasteiger partial charge is 0.123 e. The van der Waals surface area contributed by atoms with Crippen molar-refractivity contribution >= 4 is 5.82 Å². The predicted octanol–water partition coefficient (Wildman–Crippen LogP) is 0.588. The Morgan fingerprint density at radius 1 is 1.54 bits per heavy atom. The van der Waals surface area contributed by atoms with Gasteiger partial charge >= 0.3 is 0 Å². The Balaban J connectivity index is 1.62. The maximum absolute atomic E-state index is 5.71. The van der Waals surface area contributed by atoms with Crippen molar-refractivity contribution in [2.75, 3.05) is 18.8 Å². The van der Waals surface area contributed by atoms with Crippen molar-refractivity contribution in [1.82, 2.24) is 15.1 Å². The number of aromatic amines is 1. The van der Waals surface area contributed by atoms with Crippen molar-refractivity contribution in [2.45, 2.75) is 19.4 Å². The molecule has 13 heavy (non-hydrogen) atoms. The molecule has 3 N–H and O–H groups in total. The first-order valence-electron chi connectivity index (χ1n) is 4.78. The van der Waals surface area contributed by atoms with Gasteiger partial charge in [-0.1, -0.05) is 0 Å². The summed E-state index contributed by atoms with van der Waals surface area (Å²) in [5, 5.41) is 6.67. The number of nitrogens with two attached hydrogens (primary N) is 1. The monoisotopic (exact) mass is 178 g/mol. The zero-order valence-electron chi connectivity index (χ0n) is 7.58. The molecular formula is C9H14N4. The van der Waals surface area contributed by atoms with Crippen molar-refractivity contribution in [1.29, 1.82) is 0 Å². The van der Waals surface area contributed by atoms with Gasteiger partial charge in [0.15, 0.2) is 0 Å². The van der Waals surface area contributed by atoms with E-state index in [4.69, 9.17) is 5.73 Å². The summed E-state index contributed by atoms with van der Waals surface area (Å²) in [7, 11) is 0. The Labute approximate surface area is 77.1 Å². The van der Waals surface area contributed by atoms with E-state index in [0.29, 0.717) is 0 Å². The molecule has 4 nitrogen and oxygen atoms in total. The lowest BCUT2D eigenvalue weighted by Crippen LogP contribution is -2.47. The van der Waals surface area contributed by atoms with Crippen molar-refractivity contribution in [3.63, 3.8) is 0 Å². The van der Waals surface area contributed by atoms with Crippen molar-refractivity contribution in [3.05, 3.63) is 11.8 Å². The van der Waals surface area contributed by atoms with Crippen LogP contribution in [0.2, 0.25) is 0 Å². The van der Waals surface area contributed by atoms with Crippen LogP contribution in [0.1, 0.15) is 18.4 Å². The second-order valence-electron chi connectivity index (χ2n) is 4.45. The number of rotatable bonds is 2. The number of nitrogen functional groups attached to an aromatic ring is 1. The Morgan fingerprint density at radius 3 is 2.85 bits per heavy atom. The molecule has 1 spiro atoms. The van der Waals surface area contributed by atoms with Gasteiger partial charge in [0.2, 0.25) is 0 Å². The van der Waals surface area contributed by atoms with E-state index >= 15 is 0 Å². The summed E-state index contributed by atoms with van der Waals surface area (Å²) in [6.07, 6.45) is 4.70. The van der Waals surface area contributed by atoms with Gasteiger partial charge in [0.25, 0.3) is 0 Å². The molecule has 2 aliphatic rings. The van der Waals surface area contributed by atoms with Crippen LogP contribution in [0.4, 0.5) is 5.82 Å². The van der Waals surface area contributed by atoms with Gasteiger partial charge in [-0.3, -0.25) is 10.00 Å². The molecule has 2 fully saturated rings. The summed E-state index contributed by atoms with van der Waals surface area (Å²) in [5.74, 6) is 0.719. The average molecular weight is 178 g/mol. The molecule has 4 heteroatoms. The molecule has 1 aliphatic heterocycles. The van der Waals surface area contributed by atoms with E-state index < -0.39 is 0 Å². The first-order chi connectivity index (χ1) is 6.27. The number of nitrogens with zero attached hydrogens (tertiary/aromatic N) is 2. The minimum atomic E-state index is 0.719. The molecule has 0 radical (unpaired) electrons. The van der Waals surface area contributed by atoms with Crippen LogP contribution in [0.5, 0.6) is 0 Å². The lowest BCUT2D eigenvalue weighted by Gasteiger charge is -2.39. The van der Waals surface area contributed by atoms with E-state index in [9.17, 15) is 0 Å². The zero-order chi connectivity index (χ0) is 8.89.